The fourth-order valence-corrected chi connectivity index (χ4v) is 2.51. The molecular weight excluding hydrogens is 330 g/mol. The highest BCUT2D eigenvalue weighted by molar-refractivity contribution is 5.95. The van der Waals surface area contributed by atoms with Crippen molar-refractivity contribution in [2.45, 2.75) is 58.6 Å². The summed E-state index contributed by atoms with van der Waals surface area (Å²) < 4.78 is 5.29. The number of rotatable bonds is 7. The van der Waals surface area contributed by atoms with Crippen molar-refractivity contribution in [1.82, 2.24) is 10.6 Å². The van der Waals surface area contributed by atoms with Crippen molar-refractivity contribution >= 4 is 17.7 Å². The van der Waals surface area contributed by atoms with E-state index in [0.29, 0.717) is 24.9 Å². The second kappa shape index (κ2) is 8.92. The van der Waals surface area contributed by atoms with Gasteiger partial charge in [-0.25, -0.2) is 4.79 Å². The molecular formula is C20H33N3O3. The van der Waals surface area contributed by atoms with Crippen molar-refractivity contribution in [3.8, 4) is 0 Å². The third-order valence-electron chi connectivity index (χ3n) is 4.33. The van der Waals surface area contributed by atoms with E-state index in [-0.39, 0.29) is 5.91 Å². The van der Waals surface area contributed by atoms with Crippen LogP contribution in [0.1, 0.15) is 57.8 Å². The van der Waals surface area contributed by atoms with Gasteiger partial charge in [-0.1, -0.05) is 19.9 Å². The maximum Gasteiger partial charge on any atom is 0.407 e. The molecule has 0 unspecified atom stereocenters. The summed E-state index contributed by atoms with van der Waals surface area (Å²) in [6.07, 6.45) is 0.907. The highest BCUT2D eigenvalue weighted by atomic mass is 16.6. The zero-order chi connectivity index (χ0) is 20.0. The summed E-state index contributed by atoms with van der Waals surface area (Å²) in [4.78, 5) is 26.7. The average molecular weight is 364 g/mol. The first-order chi connectivity index (χ1) is 12.0. The van der Waals surface area contributed by atoms with Crippen molar-refractivity contribution in [2.24, 2.45) is 0 Å². The molecule has 0 spiro atoms. The minimum Gasteiger partial charge on any atom is -0.444 e. The normalized spacial score (nSPS) is 11.7. The first-order valence-corrected chi connectivity index (χ1v) is 9.08. The third-order valence-corrected chi connectivity index (χ3v) is 4.33. The molecule has 26 heavy (non-hydrogen) atoms. The maximum atomic E-state index is 12.8. The number of benzene rings is 1. The lowest BCUT2D eigenvalue weighted by Crippen LogP contribution is -2.55. The lowest BCUT2D eigenvalue weighted by atomic mass is 9.92. The van der Waals surface area contributed by atoms with Crippen LogP contribution in [-0.2, 0) is 4.74 Å². The minimum atomic E-state index is -0.555. The van der Waals surface area contributed by atoms with Gasteiger partial charge in [0.25, 0.3) is 5.91 Å². The number of anilines is 1. The molecule has 0 atom stereocenters. The number of amides is 2. The standard InChI is InChI=1S/C20H33N3O3/c1-8-20(9-2,14-21-18(25)26-19(3,4)5)22-17(24)15-11-10-12-16(13-15)23(6)7/h10-13H,8-9,14H2,1-7H3,(H,21,25)(H,22,24). The van der Waals surface area contributed by atoms with E-state index in [1.54, 1.807) is 6.07 Å². The maximum absolute atomic E-state index is 12.8. The summed E-state index contributed by atoms with van der Waals surface area (Å²) in [5.41, 5.74) is 0.478. The number of hydrogen-bond acceptors (Lipinski definition) is 4. The summed E-state index contributed by atoms with van der Waals surface area (Å²) in [7, 11) is 3.87. The van der Waals surface area contributed by atoms with Crippen LogP contribution in [-0.4, -0.2) is 43.8 Å². The lowest BCUT2D eigenvalue weighted by molar-refractivity contribution is 0.0502. The molecule has 0 bridgehead atoms. The first-order valence-electron chi connectivity index (χ1n) is 9.08. The highest BCUT2D eigenvalue weighted by Crippen LogP contribution is 2.18. The Morgan fingerprint density at radius 2 is 1.73 bits per heavy atom. The third kappa shape index (κ3) is 6.58. The van der Waals surface area contributed by atoms with E-state index < -0.39 is 17.2 Å². The highest BCUT2D eigenvalue weighted by Gasteiger charge is 2.30. The molecule has 0 saturated heterocycles. The van der Waals surface area contributed by atoms with Crippen LogP contribution in [0.5, 0.6) is 0 Å². The topological polar surface area (TPSA) is 70.7 Å². The van der Waals surface area contributed by atoms with Gasteiger partial charge >= 0.3 is 6.09 Å². The van der Waals surface area contributed by atoms with Crippen LogP contribution in [0.2, 0.25) is 0 Å². The largest absolute Gasteiger partial charge is 0.444 e. The van der Waals surface area contributed by atoms with Crippen LogP contribution in [0.25, 0.3) is 0 Å². The second-order valence-electron chi connectivity index (χ2n) is 7.74. The quantitative estimate of drug-likeness (QED) is 0.777. The summed E-state index contributed by atoms with van der Waals surface area (Å²) in [5.74, 6) is -0.150. The molecule has 1 aromatic rings. The van der Waals surface area contributed by atoms with Crippen LogP contribution < -0.4 is 15.5 Å². The van der Waals surface area contributed by atoms with Gasteiger partial charge < -0.3 is 20.3 Å². The molecule has 146 valence electrons. The number of hydrogen-bond donors (Lipinski definition) is 2. The van der Waals surface area contributed by atoms with Crippen molar-refractivity contribution in [2.75, 3.05) is 25.5 Å². The second-order valence-corrected chi connectivity index (χ2v) is 7.74. The molecule has 1 rings (SSSR count). The van der Waals surface area contributed by atoms with Crippen LogP contribution in [0.15, 0.2) is 24.3 Å². The van der Waals surface area contributed by atoms with Crippen LogP contribution >= 0.6 is 0 Å². The van der Waals surface area contributed by atoms with Crippen LogP contribution in [0.3, 0.4) is 0 Å². The Kier molecular flexibility index (Phi) is 7.48. The first kappa shape index (κ1) is 21.8. The Balaban J connectivity index is 2.84. The van der Waals surface area contributed by atoms with E-state index in [9.17, 15) is 9.59 Å². The van der Waals surface area contributed by atoms with Gasteiger partial charge in [-0.15, -0.1) is 0 Å². The molecule has 0 fully saturated rings. The van der Waals surface area contributed by atoms with E-state index in [2.05, 4.69) is 10.6 Å². The molecule has 0 saturated carbocycles. The molecule has 0 radical (unpaired) electrons. The van der Waals surface area contributed by atoms with Gasteiger partial charge in [0.2, 0.25) is 0 Å². The van der Waals surface area contributed by atoms with Crippen molar-refractivity contribution in [1.29, 1.82) is 0 Å². The summed E-state index contributed by atoms with van der Waals surface area (Å²) in [5, 5.41) is 5.89. The number of alkyl carbamates (subject to hydrolysis) is 1. The molecule has 0 heterocycles. The monoisotopic (exact) mass is 363 g/mol. The molecule has 0 aliphatic rings. The van der Waals surface area contributed by atoms with Gasteiger partial charge in [-0.2, -0.15) is 0 Å². The van der Waals surface area contributed by atoms with E-state index in [0.717, 1.165) is 5.69 Å². The SMILES string of the molecule is CCC(CC)(CNC(=O)OC(C)(C)C)NC(=O)c1cccc(N(C)C)c1. The summed E-state index contributed by atoms with van der Waals surface area (Å²) in [6, 6.07) is 7.46. The molecule has 1 aromatic carbocycles. The molecule has 0 aromatic heterocycles. The van der Waals surface area contributed by atoms with Gasteiger partial charge in [0.05, 0.1) is 5.54 Å². The molecule has 6 nitrogen and oxygen atoms in total. The van der Waals surface area contributed by atoms with E-state index in [4.69, 9.17) is 4.74 Å². The zero-order valence-electron chi connectivity index (χ0n) is 17.1. The molecule has 0 aliphatic heterocycles. The van der Waals surface area contributed by atoms with Crippen LogP contribution in [0.4, 0.5) is 10.5 Å². The predicted molar refractivity (Wildman–Crippen MR) is 106 cm³/mol. The van der Waals surface area contributed by atoms with Gasteiger partial charge in [-0.05, 0) is 51.8 Å². The van der Waals surface area contributed by atoms with Gasteiger partial charge in [0, 0.05) is 31.9 Å². The minimum absolute atomic E-state index is 0.150. The Bertz CT molecular complexity index is 617. The van der Waals surface area contributed by atoms with E-state index >= 15 is 0 Å². The fraction of sp³-hybridized carbons (Fsp3) is 0.600. The van der Waals surface area contributed by atoms with E-state index in [1.807, 2.05) is 71.8 Å². The number of carbonyl (C=O) groups excluding carboxylic acids is 2. The Morgan fingerprint density at radius 1 is 1.12 bits per heavy atom. The summed E-state index contributed by atoms with van der Waals surface area (Å²) in [6.45, 7) is 9.76. The van der Waals surface area contributed by atoms with E-state index in [1.165, 1.54) is 0 Å². The van der Waals surface area contributed by atoms with Gasteiger partial charge in [0.15, 0.2) is 0 Å². The molecule has 2 amide bonds. The fourth-order valence-electron chi connectivity index (χ4n) is 2.51. The average Bonchev–Trinajstić information content (AvgIpc) is 2.57. The van der Waals surface area contributed by atoms with Crippen LogP contribution in [0, 0.1) is 0 Å². The molecule has 6 heteroatoms. The Hall–Kier alpha value is -2.24. The van der Waals surface area contributed by atoms with Gasteiger partial charge in [-0.3, -0.25) is 4.79 Å². The molecule has 0 aliphatic carbocycles. The molecule has 2 N–H and O–H groups in total. The summed E-state index contributed by atoms with van der Waals surface area (Å²) >= 11 is 0. The number of nitrogens with zero attached hydrogens (tertiary/aromatic N) is 1. The number of nitrogens with one attached hydrogen (secondary N) is 2. The predicted octanol–water partition coefficient (Wildman–Crippen LogP) is 3.57. The Morgan fingerprint density at radius 3 is 2.23 bits per heavy atom. The Labute approximate surface area is 157 Å². The lowest BCUT2D eigenvalue weighted by Gasteiger charge is -2.33. The van der Waals surface area contributed by atoms with Gasteiger partial charge in [0.1, 0.15) is 5.60 Å². The number of carbonyl (C=O) groups is 2. The van der Waals surface area contributed by atoms with Crippen molar-refractivity contribution < 1.29 is 14.3 Å². The van der Waals surface area contributed by atoms with Crippen molar-refractivity contribution in [3.05, 3.63) is 29.8 Å². The zero-order valence-corrected chi connectivity index (χ0v) is 17.1. The number of ether oxygens (including phenoxy) is 1. The van der Waals surface area contributed by atoms with Crippen molar-refractivity contribution in [3.63, 3.8) is 0 Å². The smallest absolute Gasteiger partial charge is 0.407 e.